The SMILES string of the molecule is Cc1cccnc1O[C@H]1CCNC1. The lowest BCUT2D eigenvalue weighted by Crippen LogP contribution is -2.20. The van der Waals surface area contributed by atoms with Gasteiger partial charge in [-0.05, 0) is 26.0 Å². The Balaban J connectivity index is 2.04. The third-order valence-electron chi connectivity index (χ3n) is 2.25. The summed E-state index contributed by atoms with van der Waals surface area (Å²) in [6.45, 7) is 4.01. The molecule has 2 heterocycles. The summed E-state index contributed by atoms with van der Waals surface area (Å²) in [6.07, 6.45) is 3.15. The van der Waals surface area contributed by atoms with Crippen molar-refractivity contribution in [1.82, 2.24) is 10.3 Å². The van der Waals surface area contributed by atoms with Crippen molar-refractivity contribution >= 4 is 0 Å². The summed E-state index contributed by atoms with van der Waals surface area (Å²) in [6, 6.07) is 3.94. The molecule has 70 valence electrons. The number of hydrogen-bond donors (Lipinski definition) is 1. The molecule has 2 rings (SSSR count). The summed E-state index contributed by atoms with van der Waals surface area (Å²) in [7, 11) is 0. The van der Waals surface area contributed by atoms with Crippen LogP contribution in [0.25, 0.3) is 0 Å². The van der Waals surface area contributed by atoms with Crippen LogP contribution in [0.5, 0.6) is 5.88 Å². The molecule has 13 heavy (non-hydrogen) atoms. The maximum atomic E-state index is 5.73. The Morgan fingerprint density at radius 1 is 1.62 bits per heavy atom. The number of aryl methyl sites for hydroxylation is 1. The number of hydrogen-bond acceptors (Lipinski definition) is 3. The second-order valence-corrected chi connectivity index (χ2v) is 3.36. The second-order valence-electron chi connectivity index (χ2n) is 3.36. The lowest BCUT2D eigenvalue weighted by atomic mass is 10.3. The van der Waals surface area contributed by atoms with Crippen molar-refractivity contribution in [2.75, 3.05) is 13.1 Å². The van der Waals surface area contributed by atoms with E-state index in [4.69, 9.17) is 4.74 Å². The predicted octanol–water partition coefficient (Wildman–Crippen LogP) is 1.13. The van der Waals surface area contributed by atoms with Crippen LogP contribution < -0.4 is 10.1 Å². The normalized spacial score (nSPS) is 21.8. The molecule has 0 spiro atoms. The first-order valence-electron chi connectivity index (χ1n) is 4.65. The van der Waals surface area contributed by atoms with E-state index < -0.39 is 0 Å². The van der Waals surface area contributed by atoms with Gasteiger partial charge in [-0.15, -0.1) is 0 Å². The lowest BCUT2D eigenvalue weighted by Gasteiger charge is -2.12. The van der Waals surface area contributed by atoms with Gasteiger partial charge in [0, 0.05) is 18.3 Å². The fourth-order valence-corrected chi connectivity index (χ4v) is 1.48. The van der Waals surface area contributed by atoms with Crippen LogP contribution in [0, 0.1) is 6.92 Å². The van der Waals surface area contributed by atoms with Gasteiger partial charge in [0.1, 0.15) is 6.10 Å². The molecule has 0 amide bonds. The molecule has 1 N–H and O–H groups in total. The zero-order valence-electron chi connectivity index (χ0n) is 7.79. The van der Waals surface area contributed by atoms with Gasteiger partial charge in [0.05, 0.1) is 0 Å². The molecule has 0 aromatic carbocycles. The molecule has 1 fully saturated rings. The van der Waals surface area contributed by atoms with Crippen LogP contribution in [-0.4, -0.2) is 24.2 Å². The third-order valence-corrected chi connectivity index (χ3v) is 2.25. The Hall–Kier alpha value is -1.09. The molecule has 0 radical (unpaired) electrons. The van der Waals surface area contributed by atoms with E-state index >= 15 is 0 Å². The summed E-state index contributed by atoms with van der Waals surface area (Å²) >= 11 is 0. The van der Waals surface area contributed by atoms with Crippen LogP contribution in [-0.2, 0) is 0 Å². The van der Waals surface area contributed by atoms with E-state index in [0.717, 1.165) is 31.0 Å². The third kappa shape index (κ3) is 1.98. The van der Waals surface area contributed by atoms with Gasteiger partial charge in [0.2, 0.25) is 5.88 Å². The van der Waals surface area contributed by atoms with Crippen molar-refractivity contribution in [2.24, 2.45) is 0 Å². The van der Waals surface area contributed by atoms with Crippen LogP contribution in [0.3, 0.4) is 0 Å². The van der Waals surface area contributed by atoms with Gasteiger partial charge in [-0.2, -0.15) is 0 Å². The fraction of sp³-hybridized carbons (Fsp3) is 0.500. The second kappa shape index (κ2) is 3.75. The van der Waals surface area contributed by atoms with Gasteiger partial charge >= 0.3 is 0 Å². The number of aromatic nitrogens is 1. The Labute approximate surface area is 78.1 Å². The van der Waals surface area contributed by atoms with Gasteiger partial charge in [0.25, 0.3) is 0 Å². The van der Waals surface area contributed by atoms with E-state index in [-0.39, 0.29) is 0 Å². The summed E-state index contributed by atoms with van der Waals surface area (Å²) < 4.78 is 5.73. The van der Waals surface area contributed by atoms with E-state index in [0.29, 0.717) is 6.10 Å². The Morgan fingerprint density at radius 2 is 2.54 bits per heavy atom. The van der Waals surface area contributed by atoms with Gasteiger partial charge in [0.15, 0.2) is 0 Å². The van der Waals surface area contributed by atoms with Gasteiger partial charge in [-0.3, -0.25) is 0 Å². The highest BCUT2D eigenvalue weighted by Crippen LogP contribution is 2.16. The minimum atomic E-state index is 0.300. The molecule has 1 atom stereocenters. The first-order chi connectivity index (χ1) is 6.36. The number of ether oxygens (including phenoxy) is 1. The maximum Gasteiger partial charge on any atom is 0.216 e. The van der Waals surface area contributed by atoms with E-state index in [9.17, 15) is 0 Å². The van der Waals surface area contributed by atoms with Crippen LogP contribution in [0.4, 0.5) is 0 Å². The van der Waals surface area contributed by atoms with Gasteiger partial charge in [-0.25, -0.2) is 4.98 Å². The monoisotopic (exact) mass is 178 g/mol. The summed E-state index contributed by atoms with van der Waals surface area (Å²) in [4.78, 5) is 4.19. The minimum absolute atomic E-state index is 0.300. The quantitative estimate of drug-likeness (QED) is 0.737. The number of pyridine rings is 1. The lowest BCUT2D eigenvalue weighted by molar-refractivity contribution is 0.212. The smallest absolute Gasteiger partial charge is 0.216 e. The molecule has 0 unspecified atom stereocenters. The van der Waals surface area contributed by atoms with E-state index in [1.807, 2.05) is 19.1 Å². The van der Waals surface area contributed by atoms with E-state index in [2.05, 4.69) is 10.3 Å². The largest absolute Gasteiger partial charge is 0.473 e. The molecule has 0 aliphatic carbocycles. The van der Waals surface area contributed by atoms with Crippen LogP contribution >= 0.6 is 0 Å². The molecule has 1 aromatic rings. The molecular formula is C10H14N2O. The highest BCUT2D eigenvalue weighted by Gasteiger charge is 2.16. The van der Waals surface area contributed by atoms with Gasteiger partial charge in [-0.1, -0.05) is 6.07 Å². The van der Waals surface area contributed by atoms with Crippen molar-refractivity contribution in [3.05, 3.63) is 23.9 Å². The first-order valence-corrected chi connectivity index (χ1v) is 4.65. The molecule has 0 bridgehead atoms. The highest BCUT2D eigenvalue weighted by atomic mass is 16.5. The zero-order chi connectivity index (χ0) is 9.10. The van der Waals surface area contributed by atoms with Crippen molar-refractivity contribution in [2.45, 2.75) is 19.4 Å². The number of nitrogens with zero attached hydrogens (tertiary/aromatic N) is 1. The number of nitrogens with one attached hydrogen (secondary N) is 1. The van der Waals surface area contributed by atoms with Crippen molar-refractivity contribution in [3.8, 4) is 5.88 Å². The Kier molecular flexibility index (Phi) is 2.45. The molecule has 3 heteroatoms. The van der Waals surface area contributed by atoms with E-state index in [1.165, 1.54) is 0 Å². The summed E-state index contributed by atoms with van der Waals surface area (Å²) in [5.41, 5.74) is 1.11. The summed E-state index contributed by atoms with van der Waals surface area (Å²) in [5, 5.41) is 3.26. The maximum absolute atomic E-state index is 5.73. The van der Waals surface area contributed by atoms with E-state index in [1.54, 1.807) is 6.20 Å². The molecular weight excluding hydrogens is 164 g/mol. The predicted molar refractivity (Wildman–Crippen MR) is 50.9 cm³/mol. The van der Waals surface area contributed by atoms with Crippen LogP contribution in [0.1, 0.15) is 12.0 Å². The highest BCUT2D eigenvalue weighted by molar-refractivity contribution is 5.23. The van der Waals surface area contributed by atoms with Crippen LogP contribution in [0.2, 0.25) is 0 Å². The molecule has 0 saturated carbocycles. The topological polar surface area (TPSA) is 34.1 Å². The van der Waals surface area contributed by atoms with Crippen molar-refractivity contribution in [3.63, 3.8) is 0 Å². The average molecular weight is 178 g/mol. The van der Waals surface area contributed by atoms with Crippen LogP contribution in [0.15, 0.2) is 18.3 Å². The molecule has 1 aliphatic rings. The van der Waals surface area contributed by atoms with Crippen molar-refractivity contribution in [1.29, 1.82) is 0 Å². The zero-order valence-corrected chi connectivity index (χ0v) is 7.79. The molecule has 1 aromatic heterocycles. The number of rotatable bonds is 2. The Bertz CT molecular complexity index is 282. The van der Waals surface area contributed by atoms with Crippen molar-refractivity contribution < 1.29 is 4.74 Å². The standard InChI is InChI=1S/C10H14N2O/c1-8-3-2-5-12-10(8)13-9-4-6-11-7-9/h2-3,5,9,11H,4,6-7H2,1H3/t9-/m0/s1. The molecule has 3 nitrogen and oxygen atoms in total. The van der Waals surface area contributed by atoms with Gasteiger partial charge < -0.3 is 10.1 Å². The molecule has 1 saturated heterocycles. The first kappa shape index (κ1) is 8.51. The Morgan fingerprint density at radius 3 is 3.23 bits per heavy atom. The molecule has 1 aliphatic heterocycles. The minimum Gasteiger partial charge on any atom is -0.473 e. The summed E-state index contributed by atoms with van der Waals surface area (Å²) in [5.74, 6) is 0.774. The average Bonchev–Trinajstić information content (AvgIpc) is 2.61. The fourth-order valence-electron chi connectivity index (χ4n) is 1.48.